The summed E-state index contributed by atoms with van der Waals surface area (Å²) in [6.45, 7) is 8.54. The second kappa shape index (κ2) is 8.47. The van der Waals surface area contributed by atoms with Gasteiger partial charge in [0.1, 0.15) is 17.2 Å². The highest BCUT2D eigenvalue weighted by molar-refractivity contribution is 5.79. The number of pyridine rings is 2. The van der Waals surface area contributed by atoms with Crippen molar-refractivity contribution >= 4 is 28.3 Å². The fourth-order valence-corrected chi connectivity index (χ4v) is 4.06. The van der Waals surface area contributed by atoms with Gasteiger partial charge in [-0.3, -0.25) is 0 Å². The van der Waals surface area contributed by atoms with Crippen LogP contribution >= 0.6 is 0 Å². The molecular formula is C26H25N7O2. The lowest BCUT2D eigenvalue weighted by atomic mass is 10.0. The summed E-state index contributed by atoms with van der Waals surface area (Å²) in [6.07, 6.45) is 7.86. The van der Waals surface area contributed by atoms with Gasteiger partial charge in [0.25, 0.3) is 0 Å². The van der Waals surface area contributed by atoms with Crippen molar-refractivity contribution in [3.8, 4) is 17.5 Å². The molecule has 0 spiro atoms. The second-order valence-corrected chi connectivity index (χ2v) is 9.57. The predicted octanol–water partition coefficient (Wildman–Crippen LogP) is 4.54. The number of fused-ring (bicyclic) bond motifs is 2. The van der Waals surface area contributed by atoms with E-state index in [1.54, 1.807) is 17.2 Å². The van der Waals surface area contributed by atoms with E-state index in [1.807, 2.05) is 62.7 Å². The molecule has 0 radical (unpaired) electrons. The first-order chi connectivity index (χ1) is 16.7. The average Bonchev–Trinajstić information content (AvgIpc) is 3.22. The molecule has 0 fully saturated rings. The largest absolute Gasteiger partial charge is 0.444 e. The number of carbonyl (C=O) groups excluding carboxylic acids is 1. The number of rotatable bonds is 2. The Morgan fingerprint density at radius 1 is 1.14 bits per heavy atom. The Morgan fingerprint density at radius 3 is 2.69 bits per heavy atom. The minimum Gasteiger partial charge on any atom is -0.444 e. The molecule has 9 heteroatoms. The van der Waals surface area contributed by atoms with Gasteiger partial charge in [-0.1, -0.05) is 6.08 Å². The van der Waals surface area contributed by atoms with Crippen molar-refractivity contribution in [3.05, 3.63) is 59.8 Å². The summed E-state index contributed by atoms with van der Waals surface area (Å²) < 4.78 is 7.29. The van der Waals surface area contributed by atoms with Crippen LogP contribution in [0.5, 0.6) is 0 Å². The Hall–Kier alpha value is -4.32. The van der Waals surface area contributed by atoms with E-state index in [0.29, 0.717) is 47.6 Å². The van der Waals surface area contributed by atoms with E-state index in [-0.39, 0.29) is 6.09 Å². The fraction of sp³-hybridized carbons (Fsp3) is 0.308. The number of aromatic nitrogens is 5. The van der Waals surface area contributed by atoms with E-state index in [4.69, 9.17) is 9.72 Å². The lowest BCUT2D eigenvalue weighted by Crippen LogP contribution is -2.39. The van der Waals surface area contributed by atoms with Crippen molar-refractivity contribution in [2.45, 2.75) is 39.7 Å². The maximum absolute atomic E-state index is 12.3. The van der Waals surface area contributed by atoms with Gasteiger partial charge in [-0.25, -0.2) is 24.7 Å². The number of aryl methyl sites for hydroxylation is 1. The molecule has 0 saturated carbocycles. The van der Waals surface area contributed by atoms with E-state index in [0.717, 1.165) is 22.5 Å². The van der Waals surface area contributed by atoms with Gasteiger partial charge in [0.2, 0.25) is 0 Å². The van der Waals surface area contributed by atoms with Crippen molar-refractivity contribution < 1.29 is 9.53 Å². The van der Waals surface area contributed by atoms with Crippen LogP contribution in [0.3, 0.4) is 0 Å². The zero-order valence-electron chi connectivity index (χ0n) is 20.1. The van der Waals surface area contributed by atoms with Gasteiger partial charge in [-0.15, -0.1) is 0 Å². The van der Waals surface area contributed by atoms with Gasteiger partial charge in [0, 0.05) is 31.0 Å². The maximum Gasteiger partial charge on any atom is 0.410 e. The third-order valence-corrected chi connectivity index (χ3v) is 5.68. The van der Waals surface area contributed by atoms with Crippen LogP contribution in [0.4, 0.5) is 4.79 Å². The number of ether oxygens (including phenoxy) is 1. The summed E-state index contributed by atoms with van der Waals surface area (Å²) in [5.74, 6) is 0.515. The summed E-state index contributed by atoms with van der Waals surface area (Å²) in [6, 6.07) is 7.83. The lowest BCUT2D eigenvalue weighted by molar-refractivity contribution is 0.0270. The van der Waals surface area contributed by atoms with Crippen LogP contribution in [0.1, 0.15) is 44.1 Å². The minimum atomic E-state index is -0.514. The monoisotopic (exact) mass is 467 g/mol. The van der Waals surface area contributed by atoms with Gasteiger partial charge in [0.15, 0.2) is 11.5 Å². The molecule has 0 aromatic carbocycles. The molecular weight excluding hydrogens is 442 g/mol. The van der Waals surface area contributed by atoms with Crippen LogP contribution in [0.15, 0.2) is 42.9 Å². The predicted molar refractivity (Wildman–Crippen MR) is 131 cm³/mol. The Morgan fingerprint density at radius 2 is 1.97 bits per heavy atom. The molecule has 5 rings (SSSR count). The number of nitrogens with zero attached hydrogens (tertiary/aromatic N) is 7. The number of amides is 1. The molecule has 0 aliphatic carbocycles. The first-order valence-corrected chi connectivity index (χ1v) is 11.4. The number of imidazole rings is 1. The quantitative estimate of drug-likeness (QED) is 0.425. The molecule has 35 heavy (non-hydrogen) atoms. The molecule has 9 nitrogen and oxygen atoms in total. The molecule has 4 aromatic heterocycles. The molecule has 4 aromatic rings. The van der Waals surface area contributed by atoms with Crippen LogP contribution in [0, 0.1) is 18.3 Å². The molecule has 0 unspecified atom stereocenters. The molecule has 1 aliphatic heterocycles. The standard InChI is InChI=1S/C26H25N7O2/c1-16-14-33-15-19(11-18(12-27)24(33)29-16)23-28-13-22-21(31-23)6-5-20(30-22)17-7-9-32(10-8-17)25(34)35-26(2,3)4/h5-7,11,13-15H,8-10H2,1-4H3. The normalized spacial score (nSPS) is 14.1. The lowest BCUT2D eigenvalue weighted by Gasteiger charge is -2.29. The number of carbonyl (C=O) groups is 1. The van der Waals surface area contributed by atoms with Crippen LogP contribution < -0.4 is 0 Å². The molecule has 0 N–H and O–H groups in total. The Labute approximate surface area is 202 Å². The van der Waals surface area contributed by atoms with Gasteiger partial charge in [-0.05, 0) is 57.9 Å². The van der Waals surface area contributed by atoms with E-state index in [2.05, 4.69) is 21.0 Å². The Kier molecular flexibility index (Phi) is 5.44. The fourth-order valence-electron chi connectivity index (χ4n) is 4.06. The number of nitriles is 1. The average molecular weight is 468 g/mol. The van der Waals surface area contributed by atoms with Crippen LogP contribution in [-0.4, -0.2) is 54.0 Å². The molecule has 1 aliphatic rings. The van der Waals surface area contributed by atoms with Crippen molar-refractivity contribution in [3.63, 3.8) is 0 Å². The summed E-state index contributed by atoms with van der Waals surface area (Å²) in [5, 5.41) is 9.55. The highest BCUT2D eigenvalue weighted by Crippen LogP contribution is 2.25. The maximum atomic E-state index is 12.3. The topological polar surface area (TPSA) is 109 Å². The highest BCUT2D eigenvalue weighted by Gasteiger charge is 2.24. The van der Waals surface area contributed by atoms with Crippen LogP contribution in [0.25, 0.3) is 33.6 Å². The van der Waals surface area contributed by atoms with Crippen molar-refractivity contribution in [1.82, 2.24) is 29.2 Å². The summed E-state index contributed by atoms with van der Waals surface area (Å²) in [4.78, 5) is 32.4. The van der Waals surface area contributed by atoms with Crippen molar-refractivity contribution in [2.24, 2.45) is 0 Å². The Balaban J connectivity index is 1.40. The van der Waals surface area contributed by atoms with Gasteiger partial charge < -0.3 is 14.0 Å². The number of hydrogen-bond acceptors (Lipinski definition) is 7. The summed E-state index contributed by atoms with van der Waals surface area (Å²) >= 11 is 0. The van der Waals surface area contributed by atoms with Gasteiger partial charge in [-0.2, -0.15) is 5.26 Å². The molecule has 1 amide bonds. The first kappa shape index (κ1) is 22.5. The number of hydrogen-bond donors (Lipinski definition) is 0. The Bertz CT molecular complexity index is 1540. The zero-order valence-corrected chi connectivity index (χ0v) is 20.1. The molecule has 5 heterocycles. The molecule has 0 atom stereocenters. The molecule has 176 valence electrons. The van der Waals surface area contributed by atoms with E-state index in [1.165, 1.54) is 0 Å². The summed E-state index contributed by atoms with van der Waals surface area (Å²) in [5.41, 5.74) is 5.46. The van der Waals surface area contributed by atoms with E-state index in [9.17, 15) is 10.1 Å². The smallest absolute Gasteiger partial charge is 0.410 e. The first-order valence-electron chi connectivity index (χ1n) is 11.4. The molecule has 0 bridgehead atoms. The zero-order chi connectivity index (χ0) is 24.7. The van der Waals surface area contributed by atoms with Crippen LogP contribution in [-0.2, 0) is 4.74 Å². The van der Waals surface area contributed by atoms with Crippen molar-refractivity contribution in [2.75, 3.05) is 13.1 Å². The third kappa shape index (κ3) is 4.55. The summed E-state index contributed by atoms with van der Waals surface area (Å²) in [7, 11) is 0. The van der Waals surface area contributed by atoms with Crippen LogP contribution in [0.2, 0.25) is 0 Å². The van der Waals surface area contributed by atoms with Gasteiger partial charge in [0.05, 0.1) is 28.7 Å². The van der Waals surface area contributed by atoms with Gasteiger partial charge >= 0.3 is 6.09 Å². The van der Waals surface area contributed by atoms with Crippen molar-refractivity contribution in [1.29, 1.82) is 5.26 Å². The minimum absolute atomic E-state index is 0.302. The highest BCUT2D eigenvalue weighted by atomic mass is 16.6. The SMILES string of the molecule is Cc1cn2cc(-c3ncc4nc(C5=CCN(C(=O)OC(C)(C)C)CC5)ccc4n3)cc(C#N)c2n1. The second-order valence-electron chi connectivity index (χ2n) is 9.57. The third-order valence-electron chi connectivity index (χ3n) is 5.68. The molecule has 0 saturated heterocycles. The van der Waals surface area contributed by atoms with E-state index < -0.39 is 5.60 Å². The van der Waals surface area contributed by atoms with E-state index >= 15 is 0 Å².